The number of nitrogens with two attached hydrogens (primary N) is 1. The minimum Gasteiger partial charge on any atom is -0.320 e. The topological polar surface area (TPSA) is 70.1 Å². The third kappa shape index (κ3) is 2.47. The van der Waals surface area contributed by atoms with Crippen molar-refractivity contribution in [3.8, 4) is 6.07 Å². The van der Waals surface area contributed by atoms with Gasteiger partial charge in [0.1, 0.15) is 6.04 Å². The summed E-state index contributed by atoms with van der Waals surface area (Å²) in [6.45, 7) is 2.76. The van der Waals surface area contributed by atoms with Crippen molar-refractivity contribution in [1.29, 1.82) is 5.26 Å². The predicted molar refractivity (Wildman–Crippen MR) is 53.5 cm³/mol. The lowest BCUT2D eigenvalue weighted by atomic mass is 10.0. The second-order valence-electron chi connectivity index (χ2n) is 4.44. The summed E-state index contributed by atoms with van der Waals surface area (Å²) in [7, 11) is 0. The van der Waals surface area contributed by atoms with Crippen molar-refractivity contribution < 1.29 is 13.6 Å². The van der Waals surface area contributed by atoms with Gasteiger partial charge in [0, 0.05) is 6.42 Å². The van der Waals surface area contributed by atoms with Gasteiger partial charge in [-0.1, -0.05) is 13.8 Å². The Morgan fingerprint density at radius 1 is 1.62 bits per heavy atom. The first-order chi connectivity index (χ1) is 7.28. The summed E-state index contributed by atoms with van der Waals surface area (Å²) in [5.74, 6) is -3.69. The molecular formula is C10H15F2N3O. The zero-order valence-corrected chi connectivity index (χ0v) is 9.28. The molecule has 1 aliphatic rings. The maximum absolute atomic E-state index is 13.1. The third-order valence-corrected chi connectivity index (χ3v) is 2.71. The molecule has 1 aliphatic heterocycles. The molecule has 0 bridgehead atoms. The minimum atomic E-state index is -2.98. The second-order valence-corrected chi connectivity index (χ2v) is 4.44. The van der Waals surface area contributed by atoms with Gasteiger partial charge in [-0.3, -0.25) is 4.79 Å². The number of likely N-dealkylation sites (tertiary alicyclic amines) is 1. The van der Waals surface area contributed by atoms with E-state index in [1.54, 1.807) is 19.9 Å². The van der Waals surface area contributed by atoms with Gasteiger partial charge >= 0.3 is 0 Å². The number of rotatable bonds is 2. The number of alkyl halides is 2. The first kappa shape index (κ1) is 12.8. The highest BCUT2D eigenvalue weighted by Gasteiger charge is 2.48. The first-order valence-electron chi connectivity index (χ1n) is 5.12. The molecule has 0 aromatic carbocycles. The van der Waals surface area contributed by atoms with E-state index in [-0.39, 0.29) is 5.92 Å². The largest absolute Gasteiger partial charge is 0.320 e. The van der Waals surface area contributed by atoms with Crippen LogP contribution < -0.4 is 5.73 Å². The van der Waals surface area contributed by atoms with Crippen molar-refractivity contribution in [1.82, 2.24) is 4.90 Å². The van der Waals surface area contributed by atoms with Crippen LogP contribution in [0.3, 0.4) is 0 Å². The molecule has 0 unspecified atom stereocenters. The van der Waals surface area contributed by atoms with Crippen molar-refractivity contribution in [2.24, 2.45) is 11.7 Å². The van der Waals surface area contributed by atoms with Crippen LogP contribution >= 0.6 is 0 Å². The molecule has 4 nitrogen and oxygen atoms in total. The Kier molecular flexibility index (Phi) is 3.48. The molecule has 0 saturated carbocycles. The van der Waals surface area contributed by atoms with E-state index in [9.17, 15) is 13.6 Å². The van der Waals surface area contributed by atoms with Crippen LogP contribution in [-0.4, -0.2) is 35.4 Å². The minimum absolute atomic E-state index is 0.138. The average molecular weight is 231 g/mol. The normalized spacial score (nSPS) is 25.6. The number of carbonyl (C=O) groups is 1. The van der Waals surface area contributed by atoms with Crippen LogP contribution in [-0.2, 0) is 4.79 Å². The van der Waals surface area contributed by atoms with E-state index in [0.29, 0.717) is 0 Å². The zero-order chi connectivity index (χ0) is 12.5. The molecular weight excluding hydrogens is 216 g/mol. The Labute approximate surface area is 93.0 Å². The zero-order valence-electron chi connectivity index (χ0n) is 9.28. The smallest absolute Gasteiger partial charge is 0.268 e. The first-order valence-corrected chi connectivity index (χ1v) is 5.12. The van der Waals surface area contributed by atoms with Crippen LogP contribution in [0.25, 0.3) is 0 Å². The Morgan fingerprint density at radius 3 is 2.62 bits per heavy atom. The monoisotopic (exact) mass is 231 g/mol. The Morgan fingerprint density at radius 2 is 2.19 bits per heavy atom. The van der Waals surface area contributed by atoms with Gasteiger partial charge in [0.2, 0.25) is 5.91 Å². The SMILES string of the molecule is CC(C)[C@H](N)C(=O)N1CC(F)(F)C[C@H]1C#N. The molecule has 90 valence electrons. The molecule has 1 fully saturated rings. The van der Waals surface area contributed by atoms with E-state index in [0.717, 1.165) is 4.90 Å². The highest BCUT2D eigenvalue weighted by molar-refractivity contribution is 5.83. The fourth-order valence-electron chi connectivity index (χ4n) is 1.64. The van der Waals surface area contributed by atoms with Crippen molar-refractivity contribution in [3.63, 3.8) is 0 Å². The van der Waals surface area contributed by atoms with Crippen LogP contribution in [0.1, 0.15) is 20.3 Å². The summed E-state index contributed by atoms with van der Waals surface area (Å²) < 4.78 is 26.1. The highest BCUT2D eigenvalue weighted by atomic mass is 19.3. The number of nitriles is 1. The van der Waals surface area contributed by atoms with Gasteiger partial charge in [-0.05, 0) is 5.92 Å². The molecule has 0 aromatic rings. The van der Waals surface area contributed by atoms with Gasteiger partial charge < -0.3 is 10.6 Å². The third-order valence-electron chi connectivity index (χ3n) is 2.71. The molecule has 1 saturated heterocycles. The molecule has 16 heavy (non-hydrogen) atoms. The fraction of sp³-hybridized carbons (Fsp3) is 0.800. The van der Waals surface area contributed by atoms with E-state index in [2.05, 4.69) is 0 Å². The van der Waals surface area contributed by atoms with E-state index in [1.165, 1.54) is 0 Å². The number of hydrogen-bond donors (Lipinski definition) is 1. The van der Waals surface area contributed by atoms with E-state index < -0.39 is 36.9 Å². The molecule has 1 heterocycles. The lowest BCUT2D eigenvalue weighted by molar-refractivity contribution is -0.134. The van der Waals surface area contributed by atoms with Crippen molar-refractivity contribution in [3.05, 3.63) is 0 Å². The summed E-state index contributed by atoms with van der Waals surface area (Å²) >= 11 is 0. The Balaban J connectivity index is 2.81. The van der Waals surface area contributed by atoms with Crippen LogP contribution in [0.15, 0.2) is 0 Å². The summed E-state index contributed by atoms with van der Waals surface area (Å²) in [4.78, 5) is 12.7. The van der Waals surface area contributed by atoms with Gasteiger partial charge in [-0.2, -0.15) is 5.26 Å². The molecule has 0 spiro atoms. The average Bonchev–Trinajstić information content (AvgIpc) is 2.51. The maximum atomic E-state index is 13.1. The van der Waals surface area contributed by atoms with Crippen molar-refractivity contribution >= 4 is 5.91 Å². The summed E-state index contributed by atoms with van der Waals surface area (Å²) in [5.41, 5.74) is 5.60. The summed E-state index contributed by atoms with van der Waals surface area (Å²) in [5, 5.41) is 8.72. The van der Waals surface area contributed by atoms with Gasteiger partial charge in [-0.15, -0.1) is 0 Å². The molecule has 0 aromatic heterocycles. The van der Waals surface area contributed by atoms with E-state index in [1.807, 2.05) is 0 Å². The van der Waals surface area contributed by atoms with Crippen LogP contribution in [0.4, 0.5) is 8.78 Å². The van der Waals surface area contributed by atoms with Crippen LogP contribution in [0.2, 0.25) is 0 Å². The molecule has 6 heteroatoms. The molecule has 0 aliphatic carbocycles. The quantitative estimate of drug-likeness (QED) is 0.761. The number of amides is 1. The molecule has 2 N–H and O–H groups in total. The van der Waals surface area contributed by atoms with E-state index in [4.69, 9.17) is 11.0 Å². The van der Waals surface area contributed by atoms with Gasteiger partial charge in [0.25, 0.3) is 5.92 Å². The van der Waals surface area contributed by atoms with Gasteiger partial charge in [0.15, 0.2) is 0 Å². The lowest BCUT2D eigenvalue weighted by Crippen LogP contribution is -2.48. The number of halogens is 2. The van der Waals surface area contributed by atoms with Crippen LogP contribution in [0.5, 0.6) is 0 Å². The lowest BCUT2D eigenvalue weighted by Gasteiger charge is -2.24. The predicted octanol–water partition coefficient (Wildman–Crippen LogP) is 0.729. The number of nitrogens with zero attached hydrogens (tertiary/aromatic N) is 2. The number of hydrogen-bond acceptors (Lipinski definition) is 3. The van der Waals surface area contributed by atoms with E-state index >= 15 is 0 Å². The van der Waals surface area contributed by atoms with Gasteiger partial charge in [0.05, 0.1) is 18.7 Å². The second kappa shape index (κ2) is 4.34. The van der Waals surface area contributed by atoms with Crippen molar-refractivity contribution in [2.45, 2.75) is 38.3 Å². The number of carbonyl (C=O) groups excluding carboxylic acids is 1. The molecule has 0 radical (unpaired) electrons. The maximum Gasteiger partial charge on any atom is 0.268 e. The standard InChI is InChI=1S/C10H15F2N3O/c1-6(2)8(14)9(16)15-5-10(11,12)3-7(15)4-13/h6-8H,3,5,14H2,1-2H3/t7-,8-/m0/s1. The Hall–Kier alpha value is -1.22. The Bertz CT molecular complexity index is 325. The highest BCUT2D eigenvalue weighted by Crippen LogP contribution is 2.32. The molecule has 1 rings (SSSR count). The fourth-order valence-corrected chi connectivity index (χ4v) is 1.64. The van der Waals surface area contributed by atoms with Gasteiger partial charge in [-0.25, -0.2) is 8.78 Å². The molecule has 1 amide bonds. The van der Waals surface area contributed by atoms with Crippen molar-refractivity contribution in [2.75, 3.05) is 6.54 Å². The molecule has 2 atom stereocenters. The van der Waals surface area contributed by atoms with Crippen LogP contribution in [0, 0.1) is 17.2 Å². The summed E-state index contributed by atoms with van der Waals surface area (Å²) in [6, 6.07) is -0.178. The summed E-state index contributed by atoms with van der Waals surface area (Å²) in [6.07, 6.45) is -0.597.